The molecule has 0 radical (unpaired) electrons. The Morgan fingerprint density at radius 2 is 0.754 bits per heavy atom. The van der Waals surface area contributed by atoms with Crippen molar-refractivity contribution in [3.8, 4) is 56.0 Å². The Hall–Kier alpha value is -8.26. The van der Waals surface area contributed by atoms with Crippen LogP contribution in [0.25, 0.3) is 66.1 Å². The highest BCUT2D eigenvalue weighted by Crippen LogP contribution is 2.64. The van der Waals surface area contributed by atoms with Crippen LogP contribution in [-0.2, 0) is 10.8 Å². The van der Waals surface area contributed by atoms with E-state index in [-0.39, 0.29) is 0 Å². The molecule has 0 amide bonds. The van der Waals surface area contributed by atoms with E-state index in [1.54, 1.807) is 0 Å². The third kappa shape index (κ3) is 4.82. The molecule has 11 aromatic carbocycles. The van der Waals surface area contributed by atoms with Crippen LogP contribution in [0.2, 0.25) is 0 Å². The maximum absolute atomic E-state index is 6.80. The first-order valence-corrected chi connectivity index (χ1v) is 22.7. The molecule has 0 fully saturated rings. The first kappa shape index (κ1) is 36.2. The molecule has 3 aliphatic rings. The van der Waals surface area contributed by atoms with Crippen LogP contribution in [-0.4, -0.2) is 0 Å². The third-order valence-electron chi connectivity index (χ3n) is 14.8. The average Bonchev–Trinajstić information content (AvgIpc) is 3.85. The molecule has 2 aliphatic carbocycles. The summed E-state index contributed by atoms with van der Waals surface area (Å²) in [5.41, 5.74) is 19.1. The largest absolute Gasteiger partial charge is 0.457 e. The number of hydrogen-bond donors (Lipinski definition) is 0. The molecular formula is C64H40O. The summed E-state index contributed by atoms with van der Waals surface area (Å²) in [5.74, 6) is 1.75. The Kier molecular flexibility index (Phi) is 7.59. The van der Waals surface area contributed by atoms with Crippen molar-refractivity contribution in [2.24, 2.45) is 0 Å². The lowest BCUT2D eigenvalue weighted by Gasteiger charge is -2.41. The zero-order chi connectivity index (χ0) is 42.7. The molecule has 0 saturated carbocycles. The fraction of sp³-hybridized carbons (Fsp3) is 0.0312. The van der Waals surface area contributed by atoms with Gasteiger partial charge in [0.2, 0.25) is 0 Å². The van der Waals surface area contributed by atoms with E-state index in [1.807, 2.05) is 0 Å². The van der Waals surface area contributed by atoms with Crippen LogP contribution in [0.3, 0.4) is 0 Å². The normalized spacial score (nSPS) is 15.7. The Bertz CT molecular complexity index is 3710. The van der Waals surface area contributed by atoms with E-state index >= 15 is 0 Å². The van der Waals surface area contributed by atoms with Crippen LogP contribution >= 0.6 is 0 Å². The summed E-state index contributed by atoms with van der Waals surface area (Å²) in [6.07, 6.45) is 0. The molecule has 1 unspecified atom stereocenters. The highest BCUT2D eigenvalue weighted by Gasteiger charge is 2.52. The molecule has 1 spiro atoms. The molecule has 11 aromatic rings. The lowest BCUT2D eigenvalue weighted by Crippen LogP contribution is -2.34. The van der Waals surface area contributed by atoms with Crippen molar-refractivity contribution in [3.05, 3.63) is 287 Å². The van der Waals surface area contributed by atoms with Gasteiger partial charge >= 0.3 is 0 Å². The predicted molar refractivity (Wildman–Crippen MR) is 267 cm³/mol. The number of rotatable bonds is 4. The zero-order valence-electron chi connectivity index (χ0n) is 35.5. The molecule has 1 nitrogen and oxygen atoms in total. The number of fused-ring (bicyclic) bond motifs is 15. The van der Waals surface area contributed by atoms with E-state index in [1.165, 1.54) is 93.9 Å². The summed E-state index contributed by atoms with van der Waals surface area (Å²) in [4.78, 5) is 0. The van der Waals surface area contributed by atoms with Gasteiger partial charge in [-0.2, -0.15) is 0 Å². The van der Waals surface area contributed by atoms with E-state index in [0.717, 1.165) is 28.2 Å². The Balaban J connectivity index is 0.975. The Labute approximate surface area is 378 Å². The van der Waals surface area contributed by atoms with Crippen LogP contribution in [0, 0.1) is 0 Å². The molecule has 1 heterocycles. The van der Waals surface area contributed by atoms with Crippen molar-refractivity contribution in [2.45, 2.75) is 10.8 Å². The quantitative estimate of drug-likeness (QED) is 0.172. The third-order valence-corrected chi connectivity index (χ3v) is 14.8. The maximum Gasteiger partial charge on any atom is 0.132 e. The van der Waals surface area contributed by atoms with Crippen molar-refractivity contribution < 1.29 is 4.74 Å². The van der Waals surface area contributed by atoms with Gasteiger partial charge in [-0.1, -0.05) is 218 Å². The second-order valence-electron chi connectivity index (χ2n) is 17.8. The van der Waals surface area contributed by atoms with Crippen LogP contribution in [0.15, 0.2) is 243 Å². The fourth-order valence-corrected chi connectivity index (χ4v) is 12.3. The Morgan fingerprint density at radius 3 is 1.46 bits per heavy atom. The maximum atomic E-state index is 6.80. The molecule has 65 heavy (non-hydrogen) atoms. The van der Waals surface area contributed by atoms with Crippen LogP contribution in [0.1, 0.15) is 44.5 Å². The van der Waals surface area contributed by atoms with Gasteiger partial charge < -0.3 is 4.74 Å². The summed E-state index contributed by atoms with van der Waals surface area (Å²) in [7, 11) is 0. The molecule has 1 heteroatoms. The fourth-order valence-electron chi connectivity index (χ4n) is 12.3. The Morgan fingerprint density at radius 1 is 0.262 bits per heavy atom. The van der Waals surface area contributed by atoms with Crippen molar-refractivity contribution in [1.29, 1.82) is 0 Å². The van der Waals surface area contributed by atoms with Crippen molar-refractivity contribution in [3.63, 3.8) is 0 Å². The molecule has 0 saturated heterocycles. The number of ether oxygens (including phenoxy) is 1. The van der Waals surface area contributed by atoms with E-state index < -0.39 is 10.8 Å². The van der Waals surface area contributed by atoms with Gasteiger partial charge in [0.25, 0.3) is 0 Å². The van der Waals surface area contributed by atoms with E-state index in [2.05, 4.69) is 243 Å². The highest BCUT2D eigenvalue weighted by molar-refractivity contribution is 6.08. The van der Waals surface area contributed by atoms with E-state index in [4.69, 9.17) is 4.74 Å². The monoisotopic (exact) mass is 824 g/mol. The van der Waals surface area contributed by atoms with Gasteiger partial charge in [0.15, 0.2) is 0 Å². The minimum absolute atomic E-state index is 0.443. The highest BCUT2D eigenvalue weighted by atomic mass is 16.5. The molecule has 1 atom stereocenters. The van der Waals surface area contributed by atoms with Crippen molar-refractivity contribution in [1.82, 2.24) is 0 Å². The smallest absolute Gasteiger partial charge is 0.132 e. The summed E-state index contributed by atoms with van der Waals surface area (Å²) in [6.45, 7) is 0. The average molecular weight is 825 g/mol. The van der Waals surface area contributed by atoms with Gasteiger partial charge in [0.1, 0.15) is 11.5 Å². The van der Waals surface area contributed by atoms with Crippen LogP contribution < -0.4 is 4.74 Å². The molecule has 302 valence electrons. The minimum atomic E-state index is -0.597. The van der Waals surface area contributed by atoms with Crippen molar-refractivity contribution >= 4 is 21.5 Å². The summed E-state index contributed by atoms with van der Waals surface area (Å²) < 4.78 is 6.80. The van der Waals surface area contributed by atoms with Gasteiger partial charge in [-0.3, -0.25) is 0 Å². The van der Waals surface area contributed by atoms with Gasteiger partial charge in [-0.05, 0) is 124 Å². The SMILES string of the molecule is c1ccc(C2(c3ccccc3)c3ccccc3Oc3ccc(-c4ccc(-c5ccc6c(c5)C5(c7ccccc7-6)c6ccccc6-c6c5ccc5ccccc65)c5ccccc45)cc32)cc1. The molecule has 14 rings (SSSR count). The van der Waals surface area contributed by atoms with Gasteiger partial charge in [0, 0.05) is 11.1 Å². The lowest BCUT2D eigenvalue weighted by molar-refractivity contribution is 0.434. The second kappa shape index (κ2) is 13.6. The van der Waals surface area contributed by atoms with Crippen LogP contribution in [0.4, 0.5) is 0 Å². The first-order chi connectivity index (χ1) is 32.2. The zero-order valence-corrected chi connectivity index (χ0v) is 35.5. The van der Waals surface area contributed by atoms with Gasteiger partial charge in [-0.15, -0.1) is 0 Å². The molecule has 1 aliphatic heterocycles. The molecule has 0 N–H and O–H groups in total. The topological polar surface area (TPSA) is 9.23 Å². The number of para-hydroxylation sites is 1. The van der Waals surface area contributed by atoms with Crippen molar-refractivity contribution in [2.75, 3.05) is 0 Å². The van der Waals surface area contributed by atoms with E-state index in [9.17, 15) is 0 Å². The lowest BCUT2D eigenvalue weighted by atomic mass is 9.63. The minimum Gasteiger partial charge on any atom is -0.457 e. The van der Waals surface area contributed by atoms with Gasteiger partial charge in [-0.25, -0.2) is 0 Å². The summed E-state index contributed by atoms with van der Waals surface area (Å²) in [5, 5.41) is 5.02. The number of hydrogen-bond acceptors (Lipinski definition) is 1. The molecular weight excluding hydrogens is 785 g/mol. The van der Waals surface area contributed by atoms with E-state index in [0.29, 0.717) is 0 Å². The molecule has 0 aromatic heterocycles. The summed E-state index contributed by atoms with van der Waals surface area (Å²) in [6, 6.07) is 90.0. The predicted octanol–water partition coefficient (Wildman–Crippen LogP) is 16.2. The second-order valence-corrected chi connectivity index (χ2v) is 17.8. The molecule has 0 bridgehead atoms. The summed E-state index contributed by atoms with van der Waals surface area (Å²) >= 11 is 0. The van der Waals surface area contributed by atoms with Crippen LogP contribution in [0.5, 0.6) is 11.5 Å². The number of benzene rings is 11. The van der Waals surface area contributed by atoms with Gasteiger partial charge in [0.05, 0.1) is 10.8 Å². The first-order valence-electron chi connectivity index (χ1n) is 22.7. The standard InChI is InChI=1S/C64H40O/c1-3-18-44(19-4-1)63(45-20-5-2-6-21-45)56-29-15-16-30-60(56)65-61-38-33-43(40-59(61)63)47-36-35-46(49-23-9-10-24-50(47)49)42-31-34-52-51-25-11-13-27-54(51)64(58(52)39-42)55-28-14-12-26-53(55)62-48-22-8-7-17-41(48)32-37-57(62)64/h1-40H.